The molecule has 2 rings (SSSR count). The van der Waals surface area contributed by atoms with Crippen molar-refractivity contribution in [1.29, 1.82) is 0 Å². The highest BCUT2D eigenvalue weighted by Gasteiger charge is 2.18. The van der Waals surface area contributed by atoms with Crippen LogP contribution in [0.4, 0.5) is 0 Å². The standard InChI is InChI=1S/C15H19N3O2S/c1-11-6-7-17-9-14(11)10-18-21(19,20)15-5-3-4-13(8-16)12(15)2/h3-7,9,18H,8,10,16H2,1-2H3. The van der Waals surface area contributed by atoms with Crippen LogP contribution in [0, 0.1) is 13.8 Å². The van der Waals surface area contributed by atoms with E-state index in [0.29, 0.717) is 12.1 Å². The largest absolute Gasteiger partial charge is 0.326 e. The molecule has 0 aliphatic carbocycles. The second-order valence-corrected chi connectivity index (χ2v) is 6.61. The van der Waals surface area contributed by atoms with Crippen LogP contribution in [-0.2, 0) is 23.1 Å². The molecule has 1 heterocycles. The Hall–Kier alpha value is -1.76. The number of sulfonamides is 1. The monoisotopic (exact) mass is 305 g/mol. The van der Waals surface area contributed by atoms with Crippen LogP contribution < -0.4 is 10.5 Å². The Morgan fingerprint density at radius 2 is 1.95 bits per heavy atom. The number of pyridine rings is 1. The van der Waals surface area contributed by atoms with E-state index in [1.807, 2.05) is 19.1 Å². The van der Waals surface area contributed by atoms with Gasteiger partial charge in [0.2, 0.25) is 10.0 Å². The lowest BCUT2D eigenvalue weighted by Crippen LogP contribution is -2.25. The number of hydrogen-bond donors (Lipinski definition) is 2. The molecule has 0 bridgehead atoms. The quantitative estimate of drug-likeness (QED) is 0.879. The zero-order valence-corrected chi connectivity index (χ0v) is 12.9. The predicted octanol–water partition coefficient (Wildman–Crippen LogP) is 1.64. The van der Waals surface area contributed by atoms with Crippen molar-refractivity contribution in [3.8, 4) is 0 Å². The molecule has 112 valence electrons. The minimum Gasteiger partial charge on any atom is -0.326 e. The van der Waals surface area contributed by atoms with Gasteiger partial charge in [-0.3, -0.25) is 4.98 Å². The highest BCUT2D eigenvalue weighted by atomic mass is 32.2. The summed E-state index contributed by atoms with van der Waals surface area (Å²) >= 11 is 0. The zero-order valence-electron chi connectivity index (χ0n) is 12.1. The SMILES string of the molecule is Cc1ccncc1CNS(=O)(=O)c1cccc(CN)c1C. The van der Waals surface area contributed by atoms with Gasteiger partial charge < -0.3 is 5.73 Å². The molecule has 6 heteroatoms. The molecular formula is C15H19N3O2S. The molecule has 0 saturated heterocycles. The van der Waals surface area contributed by atoms with Gasteiger partial charge in [-0.05, 0) is 48.2 Å². The maximum Gasteiger partial charge on any atom is 0.241 e. The van der Waals surface area contributed by atoms with Gasteiger partial charge in [0.25, 0.3) is 0 Å². The first kappa shape index (κ1) is 15.6. The fourth-order valence-corrected chi connectivity index (χ4v) is 3.40. The van der Waals surface area contributed by atoms with Crippen molar-refractivity contribution in [3.63, 3.8) is 0 Å². The fraction of sp³-hybridized carbons (Fsp3) is 0.267. The molecule has 0 fully saturated rings. The number of hydrogen-bond acceptors (Lipinski definition) is 4. The van der Waals surface area contributed by atoms with E-state index in [2.05, 4.69) is 9.71 Å². The Morgan fingerprint density at radius 3 is 2.62 bits per heavy atom. The van der Waals surface area contributed by atoms with Crippen molar-refractivity contribution in [2.75, 3.05) is 0 Å². The van der Waals surface area contributed by atoms with E-state index < -0.39 is 10.0 Å². The van der Waals surface area contributed by atoms with Crippen LogP contribution in [0.25, 0.3) is 0 Å². The summed E-state index contributed by atoms with van der Waals surface area (Å²) in [5, 5.41) is 0. The molecule has 0 aliphatic heterocycles. The highest BCUT2D eigenvalue weighted by molar-refractivity contribution is 7.89. The van der Waals surface area contributed by atoms with Crippen molar-refractivity contribution in [3.05, 3.63) is 58.9 Å². The molecule has 0 saturated carbocycles. The smallest absolute Gasteiger partial charge is 0.241 e. The Kier molecular flexibility index (Phi) is 4.72. The maximum atomic E-state index is 12.4. The Bertz CT molecular complexity index is 742. The molecule has 1 aromatic heterocycles. The van der Waals surface area contributed by atoms with Gasteiger partial charge in [0.15, 0.2) is 0 Å². The minimum atomic E-state index is -3.57. The summed E-state index contributed by atoms with van der Waals surface area (Å²) in [7, 11) is -3.57. The summed E-state index contributed by atoms with van der Waals surface area (Å²) in [5.41, 5.74) is 9.00. The highest BCUT2D eigenvalue weighted by Crippen LogP contribution is 2.19. The Labute approximate surface area is 125 Å². The number of aromatic nitrogens is 1. The van der Waals surface area contributed by atoms with Gasteiger partial charge in [-0.2, -0.15) is 0 Å². The molecule has 0 atom stereocenters. The summed E-state index contributed by atoms with van der Waals surface area (Å²) in [6.45, 7) is 4.23. The lowest BCUT2D eigenvalue weighted by atomic mass is 10.1. The van der Waals surface area contributed by atoms with Gasteiger partial charge in [-0.25, -0.2) is 13.1 Å². The number of nitrogens with one attached hydrogen (secondary N) is 1. The minimum absolute atomic E-state index is 0.217. The number of rotatable bonds is 5. The van der Waals surface area contributed by atoms with Crippen molar-refractivity contribution in [1.82, 2.24) is 9.71 Å². The lowest BCUT2D eigenvalue weighted by Gasteiger charge is -2.12. The van der Waals surface area contributed by atoms with Gasteiger partial charge in [0, 0.05) is 25.5 Å². The second-order valence-electron chi connectivity index (χ2n) is 4.87. The first-order valence-electron chi connectivity index (χ1n) is 6.63. The van der Waals surface area contributed by atoms with Crippen LogP contribution in [0.3, 0.4) is 0 Å². The van der Waals surface area contributed by atoms with E-state index in [1.54, 1.807) is 31.5 Å². The maximum absolute atomic E-state index is 12.4. The lowest BCUT2D eigenvalue weighted by molar-refractivity contribution is 0.580. The van der Waals surface area contributed by atoms with E-state index in [-0.39, 0.29) is 11.4 Å². The van der Waals surface area contributed by atoms with Crippen molar-refractivity contribution >= 4 is 10.0 Å². The van der Waals surface area contributed by atoms with Gasteiger partial charge in [-0.1, -0.05) is 12.1 Å². The van der Waals surface area contributed by atoms with Gasteiger partial charge in [0.05, 0.1) is 4.90 Å². The van der Waals surface area contributed by atoms with Crippen molar-refractivity contribution in [2.45, 2.75) is 31.8 Å². The molecule has 0 amide bonds. The molecule has 3 N–H and O–H groups in total. The van der Waals surface area contributed by atoms with Crippen molar-refractivity contribution in [2.24, 2.45) is 5.73 Å². The first-order valence-corrected chi connectivity index (χ1v) is 8.11. The summed E-state index contributed by atoms with van der Waals surface area (Å²) in [6, 6.07) is 6.98. The molecule has 21 heavy (non-hydrogen) atoms. The summed E-state index contributed by atoms with van der Waals surface area (Å²) in [5.74, 6) is 0. The first-order chi connectivity index (χ1) is 9.95. The normalized spacial score (nSPS) is 11.6. The molecule has 1 aromatic carbocycles. The zero-order chi connectivity index (χ0) is 15.5. The Balaban J connectivity index is 2.26. The summed E-state index contributed by atoms with van der Waals surface area (Å²) in [4.78, 5) is 4.28. The van der Waals surface area contributed by atoms with Crippen LogP contribution in [0.15, 0.2) is 41.6 Å². The molecular weight excluding hydrogens is 286 g/mol. The van der Waals surface area contributed by atoms with E-state index in [0.717, 1.165) is 16.7 Å². The third-order valence-electron chi connectivity index (χ3n) is 3.51. The molecule has 5 nitrogen and oxygen atoms in total. The van der Waals surface area contributed by atoms with E-state index >= 15 is 0 Å². The van der Waals surface area contributed by atoms with Crippen molar-refractivity contribution < 1.29 is 8.42 Å². The molecule has 2 aromatic rings. The topological polar surface area (TPSA) is 85.1 Å². The fourth-order valence-electron chi connectivity index (χ4n) is 2.10. The Morgan fingerprint density at radius 1 is 1.19 bits per heavy atom. The number of benzene rings is 1. The van der Waals surface area contributed by atoms with E-state index in [9.17, 15) is 8.42 Å². The molecule has 0 spiro atoms. The summed E-state index contributed by atoms with van der Waals surface area (Å²) < 4.78 is 27.5. The van der Waals surface area contributed by atoms with E-state index in [4.69, 9.17) is 5.73 Å². The van der Waals surface area contributed by atoms with E-state index in [1.165, 1.54) is 0 Å². The van der Waals surface area contributed by atoms with Crippen LogP contribution >= 0.6 is 0 Å². The van der Waals surface area contributed by atoms with Gasteiger partial charge >= 0.3 is 0 Å². The van der Waals surface area contributed by atoms with Crippen LogP contribution in [0.1, 0.15) is 22.3 Å². The third-order valence-corrected chi connectivity index (χ3v) is 5.05. The average molecular weight is 305 g/mol. The molecule has 0 unspecified atom stereocenters. The van der Waals surface area contributed by atoms with Crippen LogP contribution in [-0.4, -0.2) is 13.4 Å². The van der Waals surface area contributed by atoms with Crippen LogP contribution in [0.2, 0.25) is 0 Å². The second kappa shape index (κ2) is 6.34. The molecule has 0 aliphatic rings. The number of aryl methyl sites for hydroxylation is 1. The average Bonchev–Trinajstić information content (AvgIpc) is 2.46. The molecule has 0 radical (unpaired) electrons. The summed E-state index contributed by atoms with van der Waals surface area (Å²) in [6.07, 6.45) is 3.35. The van der Waals surface area contributed by atoms with Crippen LogP contribution in [0.5, 0.6) is 0 Å². The van der Waals surface area contributed by atoms with Gasteiger partial charge in [0.1, 0.15) is 0 Å². The number of nitrogens with two attached hydrogens (primary N) is 1. The number of nitrogens with zero attached hydrogens (tertiary/aromatic N) is 1. The van der Waals surface area contributed by atoms with Gasteiger partial charge in [-0.15, -0.1) is 0 Å². The third kappa shape index (κ3) is 3.47. The predicted molar refractivity (Wildman–Crippen MR) is 82.1 cm³/mol.